The van der Waals surface area contributed by atoms with Crippen LogP contribution in [0.3, 0.4) is 0 Å². The number of fused-ring (bicyclic) bond motifs is 2. The lowest BCUT2D eigenvalue weighted by Crippen LogP contribution is -2.03. The van der Waals surface area contributed by atoms with Crippen LogP contribution in [0.25, 0.3) is 28.6 Å². The molecule has 136 valence electrons. The Kier molecular flexibility index (Phi) is 3.68. The number of rotatable bonds is 2. The Morgan fingerprint density at radius 2 is 1.54 bits per heavy atom. The number of hydrogen-bond acceptors (Lipinski definition) is 4. The summed E-state index contributed by atoms with van der Waals surface area (Å²) in [6.45, 7) is 0. The number of halogens is 1. The van der Waals surface area contributed by atoms with Gasteiger partial charge in [-0.3, -0.25) is 9.59 Å². The van der Waals surface area contributed by atoms with Gasteiger partial charge in [0.15, 0.2) is 22.7 Å². The zero-order valence-electron chi connectivity index (χ0n) is 14.4. The van der Waals surface area contributed by atoms with Gasteiger partial charge >= 0.3 is 0 Å². The quantitative estimate of drug-likeness (QED) is 0.280. The predicted octanol–water partition coefficient (Wildman–Crippen LogP) is 4.79. The smallest absolute Gasteiger partial charge is 0.197 e. The summed E-state index contributed by atoms with van der Waals surface area (Å²) in [5.41, 5.74) is 2.16. The number of Topliss-reactive ketones (excluding diaryl/α,β-unsaturated/α-hetero) is 2. The van der Waals surface area contributed by atoms with Gasteiger partial charge in [0, 0.05) is 34.1 Å². The molecule has 1 atom stereocenters. The second kappa shape index (κ2) is 6.11. The summed E-state index contributed by atoms with van der Waals surface area (Å²) in [4.78, 5) is 25.1. The lowest BCUT2D eigenvalue weighted by Gasteiger charge is -1.98. The lowest BCUT2D eigenvalue weighted by molar-refractivity contribution is 0.0990. The monoisotopic (exact) mass is 390 g/mol. The summed E-state index contributed by atoms with van der Waals surface area (Å²) >= 11 is 0. The Labute approximate surface area is 160 Å². The highest BCUT2D eigenvalue weighted by atomic mass is 31.0. The van der Waals surface area contributed by atoms with Gasteiger partial charge in [-0.15, -0.1) is 9.24 Å². The molecule has 2 aromatic carbocycles. The highest BCUT2D eigenvalue weighted by Crippen LogP contribution is 2.33. The van der Waals surface area contributed by atoms with Gasteiger partial charge in [0.25, 0.3) is 0 Å². The van der Waals surface area contributed by atoms with E-state index < -0.39 is 17.4 Å². The van der Waals surface area contributed by atoms with E-state index in [1.165, 1.54) is 12.1 Å². The molecule has 2 aromatic heterocycles. The third-order valence-electron chi connectivity index (χ3n) is 4.69. The fourth-order valence-electron chi connectivity index (χ4n) is 3.30. The van der Waals surface area contributed by atoms with E-state index >= 15 is 0 Å². The maximum Gasteiger partial charge on any atom is 0.197 e. The van der Waals surface area contributed by atoms with Crippen LogP contribution in [0.5, 0.6) is 0 Å². The molecule has 1 unspecified atom stereocenters. The minimum absolute atomic E-state index is 0.0512. The summed E-state index contributed by atoms with van der Waals surface area (Å²) in [5, 5.41) is 0.241. The fourth-order valence-corrected chi connectivity index (χ4v) is 3.55. The normalized spacial score (nSPS) is 15.0. The number of benzene rings is 2. The molecule has 28 heavy (non-hydrogen) atoms. The first kappa shape index (κ1) is 16.8. The Morgan fingerprint density at radius 3 is 2.25 bits per heavy atom. The molecule has 6 heteroatoms. The van der Waals surface area contributed by atoms with E-state index in [2.05, 4.69) is 9.24 Å². The molecule has 0 fully saturated rings. The number of hydrogen-bond donors (Lipinski definition) is 0. The minimum Gasteiger partial charge on any atom is -0.453 e. The van der Waals surface area contributed by atoms with E-state index in [9.17, 15) is 14.0 Å². The number of allylic oxidation sites excluding steroid dienone is 1. The average molecular weight is 390 g/mol. The molecular weight excluding hydrogens is 378 g/mol. The molecule has 0 spiro atoms. The fraction of sp³-hybridized carbons (Fsp3) is 0. The SMILES string of the molecule is O=C1/C(=C\c2cc3oc(-c4ccccc4)cc3o2)C(=O)c2cc(P)c(F)cc21. The number of ketones is 2. The minimum atomic E-state index is -0.546. The first-order valence-electron chi connectivity index (χ1n) is 8.50. The Balaban J connectivity index is 1.53. The molecule has 0 radical (unpaired) electrons. The molecule has 0 saturated heterocycles. The molecule has 0 amide bonds. The zero-order valence-corrected chi connectivity index (χ0v) is 15.5. The second-order valence-electron chi connectivity index (χ2n) is 6.49. The summed E-state index contributed by atoms with van der Waals surface area (Å²) in [6.07, 6.45) is 1.38. The highest BCUT2D eigenvalue weighted by Gasteiger charge is 2.34. The maximum absolute atomic E-state index is 13.8. The van der Waals surface area contributed by atoms with Crippen LogP contribution in [-0.2, 0) is 0 Å². The van der Waals surface area contributed by atoms with Crippen molar-refractivity contribution in [2.75, 3.05) is 0 Å². The van der Waals surface area contributed by atoms with Crippen LogP contribution in [0.4, 0.5) is 4.39 Å². The zero-order chi connectivity index (χ0) is 19.4. The van der Waals surface area contributed by atoms with E-state index in [1.54, 1.807) is 12.1 Å². The van der Waals surface area contributed by atoms with Crippen LogP contribution >= 0.6 is 9.24 Å². The van der Waals surface area contributed by atoms with Crippen LogP contribution in [0.1, 0.15) is 26.5 Å². The molecule has 1 aliphatic rings. The molecule has 2 heterocycles. The van der Waals surface area contributed by atoms with Crippen molar-refractivity contribution in [3.05, 3.63) is 82.9 Å². The number of carbonyl (C=O) groups excluding carboxylic acids is 2. The van der Waals surface area contributed by atoms with Gasteiger partial charge in [-0.25, -0.2) is 4.39 Å². The summed E-state index contributed by atoms with van der Waals surface area (Å²) in [6, 6.07) is 15.4. The molecule has 4 nitrogen and oxygen atoms in total. The van der Waals surface area contributed by atoms with Crippen LogP contribution in [0.15, 0.2) is 69.0 Å². The topological polar surface area (TPSA) is 60.4 Å². The van der Waals surface area contributed by atoms with Gasteiger partial charge < -0.3 is 8.83 Å². The standard InChI is InChI=1S/C22H12FO4P/c23-16-8-13-14(9-20(16)28)22(25)15(21(13)24)6-12-7-18-19(26-12)10-17(27-18)11-4-2-1-3-5-11/h1-10H,28H2/b15-6+. The first-order chi connectivity index (χ1) is 13.5. The molecule has 0 saturated carbocycles. The van der Waals surface area contributed by atoms with Gasteiger partial charge in [0.05, 0.1) is 5.57 Å². The Morgan fingerprint density at radius 1 is 0.857 bits per heavy atom. The molecule has 0 N–H and O–H groups in total. The van der Waals surface area contributed by atoms with Gasteiger partial charge in [0.2, 0.25) is 0 Å². The van der Waals surface area contributed by atoms with Gasteiger partial charge in [-0.1, -0.05) is 30.3 Å². The van der Waals surface area contributed by atoms with Crippen molar-refractivity contribution >= 4 is 43.4 Å². The van der Waals surface area contributed by atoms with Gasteiger partial charge in [-0.2, -0.15) is 0 Å². The van der Waals surface area contributed by atoms with E-state index in [4.69, 9.17) is 8.83 Å². The maximum atomic E-state index is 13.8. The van der Waals surface area contributed by atoms with Crippen LogP contribution in [0, 0.1) is 5.82 Å². The number of carbonyl (C=O) groups is 2. The van der Waals surface area contributed by atoms with Gasteiger partial charge in [0.1, 0.15) is 17.3 Å². The second-order valence-corrected chi connectivity index (χ2v) is 7.11. The molecule has 0 bridgehead atoms. The van der Waals surface area contributed by atoms with Crippen molar-refractivity contribution in [3.63, 3.8) is 0 Å². The van der Waals surface area contributed by atoms with E-state index in [-0.39, 0.29) is 22.0 Å². The molecule has 0 aliphatic heterocycles. The van der Waals surface area contributed by atoms with Crippen molar-refractivity contribution in [2.45, 2.75) is 0 Å². The summed E-state index contributed by atoms with van der Waals surface area (Å²) in [7, 11) is 2.21. The highest BCUT2D eigenvalue weighted by molar-refractivity contribution is 7.27. The van der Waals surface area contributed by atoms with Gasteiger partial charge in [-0.05, 0) is 18.2 Å². The molecule has 4 aromatic rings. The van der Waals surface area contributed by atoms with E-state index in [1.807, 2.05) is 30.3 Å². The molecular formula is C22H12FO4P. The van der Waals surface area contributed by atoms with E-state index in [0.29, 0.717) is 22.7 Å². The summed E-state index contributed by atoms with van der Waals surface area (Å²) < 4.78 is 25.3. The average Bonchev–Trinajstić information content (AvgIpc) is 3.31. The third kappa shape index (κ3) is 2.55. The molecule has 1 aliphatic carbocycles. The van der Waals surface area contributed by atoms with Crippen molar-refractivity contribution in [1.82, 2.24) is 0 Å². The first-order valence-corrected chi connectivity index (χ1v) is 9.08. The van der Waals surface area contributed by atoms with Crippen molar-refractivity contribution in [1.29, 1.82) is 0 Å². The molecule has 5 rings (SSSR count). The van der Waals surface area contributed by atoms with Crippen LogP contribution in [0.2, 0.25) is 0 Å². The summed E-state index contributed by atoms with van der Waals surface area (Å²) in [5.74, 6) is -0.513. The van der Waals surface area contributed by atoms with Crippen molar-refractivity contribution in [2.24, 2.45) is 0 Å². The van der Waals surface area contributed by atoms with Crippen LogP contribution in [-0.4, -0.2) is 11.6 Å². The third-order valence-corrected chi connectivity index (χ3v) is 5.13. The van der Waals surface area contributed by atoms with Crippen LogP contribution < -0.4 is 5.30 Å². The largest absolute Gasteiger partial charge is 0.453 e. The predicted molar refractivity (Wildman–Crippen MR) is 106 cm³/mol. The van der Waals surface area contributed by atoms with Crippen molar-refractivity contribution in [3.8, 4) is 11.3 Å². The Bertz CT molecular complexity index is 1240. The van der Waals surface area contributed by atoms with Crippen molar-refractivity contribution < 1.29 is 22.8 Å². The Hall–Kier alpha value is -3.30. The lowest BCUT2D eigenvalue weighted by atomic mass is 10.1. The number of furan rings is 2. The van der Waals surface area contributed by atoms with E-state index in [0.717, 1.165) is 11.6 Å².